The molecule has 372 valence electrons. The quantitative estimate of drug-likeness (QED) is 0.0455. The number of aliphatic imine (C=N–C) groups is 2. The summed E-state index contributed by atoms with van der Waals surface area (Å²) in [6.07, 6.45) is 11.4. The lowest BCUT2D eigenvalue weighted by atomic mass is 10.1. The maximum Gasteiger partial charge on any atom is 0.257 e. The molecule has 2 aromatic carbocycles. The van der Waals surface area contributed by atoms with Crippen LogP contribution in [-0.2, 0) is 27.4 Å². The summed E-state index contributed by atoms with van der Waals surface area (Å²) in [6, 6.07) is 10.4. The van der Waals surface area contributed by atoms with Crippen LogP contribution in [0, 0.1) is 0 Å². The summed E-state index contributed by atoms with van der Waals surface area (Å²) in [5.74, 6) is 2.03. The Balaban J connectivity index is 1.10. The molecule has 5 heterocycles. The Labute approximate surface area is 414 Å². The van der Waals surface area contributed by atoms with Crippen molar-refractivity contribution in [3.8, 4) is 28.7 Å². The molecule has 16 nitrogen and oxygen atoms in total. The van der Waals surface area contributed by atoms with Crippen LogP contribution >= 0.6 is 21.6 Å². The lowest BCUT2D eigenvalue weighted by Gasteiger charge is -2.31. The number of allylic oxidation sites excluding steroid dienone is 2. The molecule has 0 aliphatic carbocycles. The van der Waals surface area contributed by atoms with Crippen molar-refractivity contribution < 1.29 is 47.5 Å². The number of carbonyl (C=O) groups excluding carboxylic acids is 2. The summed E-state index contributed by atoms with van der Waals surface area (Å²) in [7, 11) is 8.35. The number of ether oxygens (including phenoxy) is 8. The zero-order valence-corrected chi connectivity index (χ0v) is 42.8. The SMILES string of the molecule is C/C=C1\C[C@H]2C=Nc3cc(OCc4cc(OCCN(CCOCCOCCOC)CC(C)(C)SSC)cc(COc5cc6c(cc5OC)C(=O)N5C/C(=C/C)C[C@H]5C=N6)n4)c(OC)cc3C(=O)N2C1. The van der Waals surface area contributed by atoms with Crippen molar-refractivity contribution in [1.29, 1.82) is 0 Å². The first kappa shape index (κ1) is 51.7. The molecule has 0 N–H and O–H groups in total. The highest BCUT2D eigenvalue weighted by atomic mass is 33.1. The zero-order chi connectivity index (χ0) is 48.9. The normalized spacial score (nSPS) is 18.6. The number of fused-ring (bicyclic) bond motifs is 4. The average Bonchev–Trinajstić information content (AvgIpc) is 3.92. The second kappa shape index (κ2) is 24.6. The van der Waals surface area contributed by atoms with Gasteiger partial charge in [-0.25, -0.2) is 0 Å². The first-order chi connectivity index (χ1) is 33.5. The molecule has 2 fully saturated rings. The smallest absolute Gasteiger partial charge is 0.257 e. The first-order valence-electron chi connectivity index (χ1n) is 23.4. The molecule has 2 amide bonds. The summed E-state index contributed by atoms with van der Waals surface area (Å²) < 4.78 is 47.5. The third kappa shape index (κ3) is 13.4. The molecule has 18 heteroatoms. The van der Waals surface area contributed by atoms with Crippen molar-refractivity contribution in [2.45, 2.75) is 70.6 Å². The van der Waals surface area contributed by atoms with Gasteiger partial charge in [0.15, 0.2) is 23.0 Å². The molecule has 0 bridgehead atoms. The molecule has 2 atom stereocenters. The third-order valence-electron chi connectivity index (χ3n) is 12.2. The highest BCUT2D eigenvalue weighted by Crippen LogP contribution is 2.41. The Kier molecular flexibility index (Phi) is 18.5. The molecule has 0 unspecified atom stereocenters. The number of aromatic nitrogens is 1. The first-order valence-corrected chi connectivity index (χ1v) is 25.9. The van der Waals surface area contributed by atoms with Crippen molar-refractivity contribution in [2.75, 3.05) is 100.0 Å². The fourth-order valence-corrected chi connectivity index (χ4v) is 10.9. The van der Waals surface area contributed by atoms with E-state index < -0.39 is 0 Å². The van der Waals surface area contributed by atoms with Crippen LogP contribution in [0.3, 0.4) is 0 Å². The van der Waals surface area contributed by atoms with Crippen LogP contribution < -0.4 is 23.7 Å². The average molecular weight is 987 g/mol. The van der Waals surface area contributed by atoms with E-state index in [-0.39, 0.29) is 41.9 Å². The van der Waals surface area contributed by atoms with Crippen molar-refractivity contribution >= 4 is 57.2 Å². The molecule has 0 saturated carbocycles. The van der Waals surface area contributed by atoms with Crippen LogP contribution in [0.1, 0.15) is 72.6 Å². The van der Waals surface area contributed by atoms with Crippen LogP contribution in [0.2, 0.25) is 0 Å². The molecular formula is C51H66N6O10S2. The number of nitrogens with zero attached hydrogens (tertiary/aromatic N) is 6. The number of carbonyl (C=O) groups is 2. The van der Waals surface area contributed by atoms with Gasteiger partial charge in [-0.1, -0.05) is 44.9 Å². The standard InChI is InChI=1S/C51H66N6O10S2/c1-9-34-19-38-27-52-43-25-47(45(61-6)23-41(43)49(58)56(38)29-34)66-31-36-21-40(65-14-12-55(33-51(3,4)69-68-8)11-13-63-17-18-64-16-15-60-5)22-37(54-36)32-67-48-26-44-42(24-46(48)62-7)50(59)57-30-35(10-2)20-39(57)28-53-44/h9-10,21-28,38-39H,11-20,29-33H2,1-8H3/b34-9+,35-10+/t38-,39-/m0/s1. The van der Waals surface area contributed by atoms with Gasteiger partial charge in [-0.2, -0.15) is 0 Å². The molecule has 0 radical (unpaired) electrons. The predicted octanol–water partition coefficient (Wildman–Crippen LogP) is 8.16. The van der Waals surface area contributed by atoms with E-state index in [9.17, 15) is 9.59 Å². The molecule has 3 aromatic rings. The fourth-order valence-electron chi connectivity index (χ4n) is 8.69. The summed E-state index contributed by atoms with van der Waals surface area (Å²) >= 11 is 0. The highest BCUT2D eigenvalue weighted by Gasteiger charge is 2.36. The predicted molar refractivity (Wildman–Crippen MR) is 272 cm³/mol. The minimum atomic E-state index is -0.109. The van der Waals surface area contributed by atoms with Crippen molar-refractivity contribution in [1.82, 2.24) is 19.7 Å². The van der Waals surface area contributed by atoms with Gasteiger partial charge in [0, 0.05) is 81.3 Å². The number of pyridine rings is 1. The second-order valence-corrected chi connectivity index (χ2v) is 20.7. The summed E-state index contributed by atoms with van der Waals surface area (Å²) in [5, 5.41) is 0. The van der Waals surface area contributed by atoms with Crippen molar-refractivity contribution in [2.24, 2.45) is 9.98 Å². The van der Waals surface area contributed by atoms with Gasteiger partial charge in [-0.05, 0) is 58.9 Å². The molecule has 1 aromatic heterocycles. The van der Waals surface area contributed by atoms with Crippen LogP contribution in [0.5, 0.6) is 28.7 Å². The van der Waals surface area contributed by atoms with Crippen molar-refractivity contribution in [3.05, 3.63) is 82.2 Å². The van der Waals surface area contributed by atoms with Crippen molar-refractivity contribution in [3.63, 3.8) is 0 Å². The number of benzene rings is 2. The largest absolute Gasteiger partial charge is 0.493 e. The van der Waals surface area contributed by atoms with Crippen LogP contribution in [0.4, 0.5) is 11.4 Å². The minimum Gasteiger partial charge on any atom is -0.493 e. The van der Waals surface area contributed by atoms with E-state index in [0.29, 0.717) is 122 Å². The van der Waals surface area contributed by atoms with Gasteiger partial charge >= 0.3 is 0 Å². The molecular weight excluding hydrogens is 921 g/mol. The Morgan fingerprint density at radius 2 is 1.19 bits per heavy atom. The number of methoxy groups -OCH3 is 3. The molecule has 2 saturated heterocycles. The van der Waals surface area contributed by atoms with E-state index in [4.69, 9.17) is 52.9 Å². The Morgan fingerprint density at radius 1 is 0.681 bits per heavy atom. The summed E-state index contributed by atoms with van der Waals surface area (Å²) in [5.41, 5.74) is 5.50. The summed E-state index contributed by atoms with van der Waals surface area (Å²) in [4.78, 5) is 48.0. The number of amides is 2. The van der Waals surface area contributed by atoms with E-state index in [1.165, 1.54) is 11.1 Å². The van der Waals surface area contributed by atoms with E-state index in [2.05, 4.69) is 37.2 Å². The number of hydrogen-bond acceptors (Lipinski definition) is 16. The minimum absolute atomic E-state index is 0.0155. The Morgan fingerprint density at radius 3 is 1.68 bits per heavy atom. The molecule has 0 spiro atoms. The topological polar surface area (TPSA) is 155 Å². The van der Waals surface area contributed by atoms with Gasteiger partial charge in [0.1, 0.15) is 25.6 Å². The highest BCUT2D eigenvalue weighted by molar-refractivity contribution is 8.77. The molecule has 4 aliphatic heterocycles. The van der Waals surface area contributed by atoms with E-state index in [1.54, 1.807) is 56.4 Å². The van der Waals surface area contributed by atoms with Gasteiger partial charge in [-0.3, -0.25) is 29.5 Å². The number of hydrogen-bond donors (Lipinski definition) is 0. The second-order valence-electron chi connectivity index (χ2n) is 17.6. The lowest BCUT2D eigenvalue weighted by molar-refractivity contribution is 0.0184. The maximum absolute atomic E-state index is 13.8. The summed E-state index contributed by atoms with van der Waals surface area (Å²) in [6.45, 7) is 14.9. The van der Waals surface area contributed by atoms with Gasteiger partial charge in [0.2, 0.25) is 0 Å². The van der Waals surface area contributed by atoms with E-state index >= 15 is 0 Å². The Hall–Kier alpha value is -5.11. The lowest BCUT2D eigenvalue weighted by Crippen LogP contribution is -2.40. The number of rotatable bonds is 25. The van der Waals surface area contributed by atoms with Gasteiger partial charge in [0.25, 0.3) is 11.8 Å². The monoisotopic (exact) mass is 986 g/mol. The van der Waals surface area contributed by atoms with Gasteiger partial charge in [-0.15, -0.1) is 0 Å². The third-order valence-corrected chi connectivity index (χ3v) is 14.8. The van der Waals surface area contributed by atoms with Crippen LogP contribution in [0.15, 0.2) is 69.7 Å². The van der Waals surface area contributed by atoms with Gasteiger partial charge in [0.05, 0.1) is 93.2 Å². The molecule has 4 aliphatic rings. The molecule has 7 rings (SSSR count). The molecule has 69 heavy (non-hydrogen) atoms. The van der Waals surface area contributed by atoms with E-state index in [1.807, 2.05) is 59.0 Å². The van der Waals surface area contributed by atoms with Crippen LogP contribution in [0.25, 0.3) is 0 Å². The zero-order valence-electron chi connectivity index (χ0n) is 41.1. The van der Waals surface area contributed by atoms with Crippen LogP contribution in [-0.4, -0.2) is 161 Å². The van der Waals surface area contributed by atoms with Gasteiger partial charge < -0.3 is 47.7 Å². The van der Waals surface area contributed by atoms with E-state index in [0.717, 1.165) is 25.9 Å². The maximum atomic E-state index is 13.8. The Bertz CT molecular complexity index is 2270. The fraction of sp³-hybridized carbons (Fsp3) is 0.510.